The van der Waals surface area contributed by atoms with E-state index in [1.165, 1.54) is 11.1 Å². The van der Waals surface area contributed by atoms with E-state index in [1.807, 2.05) is 36.4 Å². The maximum absolute atomic E-state index is 11.9. The van der Waals surface area contributed by atoms with Gasteiger partial charge in [0.25, 0.3) is 5.91 Å². The van der Waals surface area contributed by atoms with Crippen molar-refractivity contribution in [1.29, 1.82) is 0 Å². The molecule has 21 heavy (non-hydrogen) atoms. The number of benzene rings is 2. The first kappa shape index (κ1) is 13.7. The summed E-state index contributed by atoms with van der Waals surface area (Å²) in [6.45, 7) is 2.72. The normalized spacial score (nSPS) is 16.1. The van der Waals surface area contributed by atoms with E-state index in [1.54, 1.807) is 0 Å². The Bertz CT molecular complexity index is 637. The maximum atomic E-state index is 11.9. The van der Waals surface area contributed by atoms with Crippen LogP contribution in [-0.2, 0) is 12.8 Å². The Morgan fingerprint density at radius 3 is 2.86 bits per heavy atom. The molecule has 0 saturated carbocycles. The number of carbonyl (C=O) groups is 1. The van der Waals surface area contributed by atoms with E-state index in [4.69, 9.17) is 4.74 Å². The van der Waals surface area contributed by atoms with Gasteiger partial charge in [0.15, 0.2) is 0 Å². The summed E-state index contributed by atoms with van der Waals surface area (Å²) in [6, 6.07) is 15.6. The lowest BCUT2D eigenvalue weighted by molar-refractivity contribution is 0.0954. The fourth-order valence-electron chi connectivity index (χ4n) is 2.64. The Kier molecular flexibility index (Phi) is 3.91. The first-order valence-electron chi connectivity index (χ1n) is 7.34. The predicted octanol–water partition coefficient (Wildman–Crippen LogP) is 2.98. The van der Waals surface area contributed by atoms with Crippen LogP contribution < -0.4 is 10.1 Å². The summed E-state index contributed by atoms with van der Waals surface area (Å²) in [7, 11) is 0. The molecule has 3 heteroatoms. The Morgan fingerprint density at radius 2 is 2.05 bits per heavy atom. The molecule has 1 heterocycles. The van der Waals surface area contributed by atoms with E-state index in [0.29, 0.717) is 12.1 Å². The fraction of sp³-hybridized carbons (Fsp3) is 0.278. The largest absolute Gasteiger partial charge is 0.490 e. The molecule has 3 rings (SSSR count). The van der Waals surface area contributed by atoms with Crippen molar-refractivity contribution in [3.05, 3.63) is 65.2 Å². The zero-order valence-corrected chi connectivity index (χ0v) is 12.1. The zero-order chi connectivity index (χ0) is 14.7. The van der Waals surface area contributed by atoms with Crippen LogP contribution in [0, 0.1) is 0 Å². The van der Waals surface area contributed by atoms with Gasteiger partial charge >= 0.3 is 0 Å². The molecule has 0 radical (unpaired) electrons. The molecule has 0 spiro atoms. The van der Waals surface area contributed by atoms with E-state index in [0.717, 1.165) is 18.6 Å². The topological polar surface area (TPSA) is 38.3 Å². The van der Waals surface area contributed by atoms with Gasteiger partial charge in [0.2, 0.25) is 0 Å². The van der Waals surface area contributed by atoms with Crippen molar-refractivity contribution in [1.82, 2.24) is 5.32 Å². The Morgan fingerprint density at radius 1 is 1.24 bits per heavy atom. The number of nitrogens with one attached hydrogen (secondary N) is 1. The van der Waals surface area contributed by atoms with Gasteiger partial charge in [0.05, 0.1) is 0 Å². The minimum absolute atomic E-state index is 0.0197. The van der Waals surface area contributed by atoms with Gasteiger partial charge in [-0.05, 0) is 42.7 Å². The van der Waals surface area contributed by atoms with Gasteiger partial charge in [0, 0.05) is 18.5 Å². The van der Waals surface area contributed by atoms with Gasteiger partial charge < -0.3 is 10.1 Å². The van der Waals surface area contributed by atoms with Gasteiger partial charge in [-0.3, -0.25) is 4.79 Å². The molecule has 1 unspecified atom stereocenters. The second kappa shape index (κ2) is 6.00. The molecule has 0 bridgehead atoms. The number of ether oxygens (including phenoxy) is 1. The van der Waals surface area contributed by atoms with Crippen LogP contribution in [0.5, 0.6) is 5.75 Å². The van der Waals surface area contributed by atoms with Gasteiger partial charge in [-0.1, -0.05) is 30.3 Å². The third-order valence-corrected chi connectivity index (χ3v) is 3.70. The maximum Gasteiger partial charge on any atom is 0.251 e. The summed E-state index contributed by atoms with van der Waals surface area (Å²) in [4.78, 5) is 11.9. The van der Waals surface area contributed by atoms with Crippen LogP contribution in [0.2, 0.25) is 0 Å². The quantitative estimate of drug-likeness (QED) is 0.935. The Labute approximate surface area is 124 Å². The van der Waals surface area contributed by atoms with Crippen LogP contribution in [0.1, 0.15) is 28.4 Å². The number of hydrogen-bond donors (Lipinski definition) is 1. The molecule has 3 nitrogen and oxygen atoms in total. The van der Waals surface area contributed by atoms with Crippen molar-refractivity contribution in [2.24, 2.45) is 0 Å². The Hall–Kier alpha value is -2.29. The standard InChI is InChI=1S/C18H19NO2/c1-13-11-16-12-14(7-8-17(16)21-13)9-10-19-18(20)15-5-3-2-4-6-15/h2-8,12-13H,9-11H2,1H3,(H,19,20). The molecule has 1 amide bonds. The van der Waals surface area contributed by atoms with Gasteiger partial charge in [0.1, 0.15) is 11.9 Å². The highest BCUT2D eigenvalue weighted by Gasteiger charge is 2.18. The first-order valence-corrected chi connectivity index (χ1v) is 7.34. The molecule has 0 fully saturated rings. The second-order valence-corrected chi connectivity index (χ2v) is 5.45. The molecule has 1 aliphatic rings. The van der Waals surface area contributed by atoms with Gasteiger partial charge in [-0.2, -0.15) is 0 Å². The molecule has 0 aliphatic carbocycles. The van der Waals surface area contributed by atoms with Crippen molar-refractivity contribution in [2.45, 2.75) is 25.9 Å². The summed E-state index contributed by atoms with van der Waals surface area (Å²) in [5.41, 5.74) is 3.21. The van der Waals surface area contributed by atoms with Crippen molar-refractivity contribution in [3.8, 4) is 5.75 Å². The summed E-state index contributed by atoms with van der Waals surface area (Å²) in [5.74, 6) is 0.980. The van der Waals surface area contributed by atoms with Crippen molar-refractivity contribution >= 4 is 5.91 Å². The molecule has 2 aromatic carbocycles. The number of rotatable bonds is 4. The number of amides is 1. The molecule has 1 N–H and O–H groups in total. The van der Waals surface area contributed by atoms with E-state index >= 15 is 0 Å². The lowest BCUT2D eigenvalue weighted by atomic mass is 10.0. The van der Waals surface area contributed by atoms with Crippen molar-refractivity contribution in [2.75, 3.05) is 6.54 Å². The molecule has 0 saturated heterocycles. The van der Waals surface area contributed by atoms with Crippen molar-refractivity contribution in [3.63, 3.8) is 0 Å². The van der Waals surface area contributed by atoms with Crippen LogP contribution in [0.3, 0.4) is 0 Å². The SMILES string of the molecule is CC1Cc2cc(CCNC(=O)c3ccccc3)ccc2O1. The van der Waals surface area contributed by atoms with Crippen molar-refractivity contribution < 1.29 is 9.53 Å². The highest BCUT2D eigenvalue weighted by molar-refractivity contribution is 5.94. The summed E-state index contributed by atoms with van der Waals surface area (Å²) in [5, 5.41) is 2.95. The highest BCUT2D eigenvalue weighted by atomic mass is 16.5. The van der Waals surface area contributed by atoms with Crippen LogP contribution in [-0.4, -0.2) is 18.6 Å². The Balaban J connectivity index is 1.54. The van der Waals surface area contributed by atoms with Crippen LogP contribution in [0.25, 0.3) is 0 Å². The minimum atomic E-state index is -0.0197. The lowest BCUT2D eigenvalue weighted by Crippen LogP contribution is -2.25. The van der Waals surface area contributed by atoms with Crippen LogP contribution in [0.15, 0.2) is 48.5 Å². The number of carbonyl (C=O) groups excluding carboxylic acids is 1. The second-order valence-electron chi connectivity index (χ2n) is 5.45. The molecular weight excluding hydrogens is 262 g/mol. The highest BCUT2D eigenvalue weighted by Crippen LogP contribution is 2.29. The van der Waals surface area contributed by atoms with Crippen LogP contribution in [0.4, 0.5) is 0 Å². The molecule has 0 aromatic heterocycles. The summed E-state index contributed by atoms with van der Waals surface area (Å²) in [6.07, 6.45) is 2.08. The summed E-state index contributed by atoms with van der Waals surface area (Å²) >= 11 is 0. The predicted molar refractivity (Wildman–Crippen MR) is 82.7 cm³/mol. The van der Waals surface area contributed by atoms with E-state index in [-0.39, 0.29) is 12.0 Å². The fourth-order valence-corrected chi connectivity index (χ4v) is 2.64. The van der Waals surface area contributed by atoms with E-state index < -0.39 is 0 Å². The van der Waals surface area contributed by atoms with E-state index in [2.05, 4.69) is 24.4 Å². The molecule has 108 valence electrons. The lowest BCUT2D eigenvalue weighted by Gasteiger charge is -2.07. The average molecular weight is 281 g/mol. The monoisotopic (exact) mass is 281 g/mol. The van der Waals surface area contributed by atoms with Crippen LogP contribution >= 0.6 is 0 Å². The third kappa shape index (κ3) is 3.24. The summed E-state index contributed by atoms with van der Waals surface area (Å²) < 4.78 is 5.69. The molecular formula is C18H19NO2. The number of fused-ring (bicyclic) bond motifs is 1. The van der Waals surface area contributed by atoms with E-state index in [9.17, 15) is 4.79 Å². The smallest absolute Gasteiger partial charge is 0.251 e. The first-order chi connectivity index (χ1) is 10.2. The molecule has 2 aromatic rings. The average Bonchev–Trinajstić information content (AvgIpc) is 2.87. The molecule has 1 atom stereocenters. The van der Waals surface area contributed by atoms with Gasteiger partial charge in [-0.15, -0.1) is 0 Å². The van der Waals surface area contributed by atoms with Gasteiger partial charge in [-0.25, -0.2) is 0 Å². The third-order valence-electron chi connectivity index (χ3n) is 3.70. The zero-order valence-electron chi connectivity index (χ0n) is 12.1. The minimum Gasteiger partial charge on any atom is -0.490 e. The number of hydrogen-bond acceptors (Lipinski definition) is 2. The molecule has 1 aliphatic heterocycles.